The second-order valence-electron chi connectivity index (χ2n) is 5.47. The maximum absolute atomic E-state index is 12.2. The van der Waals surface area contributed by atoms with E-state index in [0.717, 1.165) is 11.1 Å². The largest absolute Gasteiger partial charge is 0.352 e. The van der Waals surface area contributed by atoms with E-state index in [4.69, 9.17) is 5.26 Å². The molecule has 0 fully saturated rings. The first-order chi connectivity index (χ1) is 11.4. The number of amides is 1. The van der Waals surface area contributed by atoms with Crippen LogP contribution >= 0.6 is 0 Å². The first-order valence-electron chi connectivity index (χ1n) is 7.46. The molecule has 0 radical (unpaired) electrons. The minimum absolute atomic E-state index is 0.103. The summed E-state index contributed by atoms with van der Waals surface area (Å²) >= 11 is 0. The van der Waals surface area contributed by atoms with Gasteiger partial charge in [0.15, 0.2) is 9.84 Å². The molecule has 0 unspecified atom stereocenters. The van der Waals surface area contributed by atoms with E-state index in [1.165, 1.54) is 0 Å². The fraction of sp³-hybridized carbons (Fsp3) is 0.222. The molecule has 0 aromatic heterocycles. The van der Waals surface area contributed by atoms with Crippen molar-refractivity contribution in [3.05, 3.63) is 65.2 Å². The molecule has 1 N–H and O–H groups in total. The zero-order valence-corrected chi connectivity index (χ0v) is 14.1. The summed E-state index contributed by atoms with van der Waals surface area (Å²) in [6.45, 7) is 2.14. The van der Waals surface area contributed by atoms with Crippen LogP contribution in [0.5, 0.6) is 0 Å². The third-order valence-electron chi connectivity index (χ3n) is 3.52. The molecule has 2 rings (SSSR count). The van der Waals surface area contributed by atoms with Crippen molar-refractivity contribution < 1.29 is 13.2 Å². The zero-order chi connectivity index (χ0) is 17.6. The lowest BCUT2D eigenvalue weighted by molar-refractivity contribution is -0.120. The van der Waals surface area contributed by atoms with Crippen LogP contribution in [0.25, 0.3) is 0 Å². The van der Waals surface area contributed by atoms with Gasteiger partial charge in [-0.2, -0.15) is 5.26 Å². The van der Waals surface area contributed by atoms with Crippen molar-refractivity contribution >= 4 is 15.7 Å². The number of sulfone groups is 1. The van der Waals surface area contributed by atoms with Gasteiger partial charge in [-0.1, -0.05) is 29.8 Å². The van der Waals surface area contributed by atoms with Crippen molar-refractivity contribution in [1.29, 1.82) is 5.26 Å². The summed E-state index contributed by atoms with van der Waals surface area (Å²) < 4.78 is 24.4. The monoisotopic (exact) mass is 342 g/mol. The number of nitriles is 1. The summed E-state index contributed by atoms with van der Waals surface area (Å²) in [6, 6.07) is 15.5. The molecular formula is C18H18N2O3S. The Balaban J connectivity index is 1.88. The van der Waals surface area contributed by atoms with Gasteiger partial charge in [0.25, 0.3) is 0 Å². The van der Waals surface area contributed by atoms with Crippen LogP contribution in [-0.4, -0.2) is 20.1 Å². The smallest absolute Gasteiger partial charge is 0.221 e. The average molecular weight is 342 g/mol. The van der Waals surface area contributed by atoms with Crippen LogP contribution < -0.4 is 5.32 Å². The standard InChI is InChI=1S/C18H18N2O3S/c1-14-5-7-17(8-6-14)24(22,23)10-9-18(21)20-13-16-4-2-3-15(11-16)12-19/h2-8,11H,9-10,13H2,1H3,(H,20,21). The molecule has 124 valence electrons. The summed E-state index contributed by atoms with van der Waals surface area (Å²) in [6.07, 6.45) is -0.103. The number of hydrogen-bond donors (Lipinski definition) is 1. The van der Waals surface area contributed by atoms with Crippen molar-refractivity contribution in [1.82, 2.24) is 5.32 Å². The van der Waals surface area contributed by atoms with Gasteiger partial charge in [0.1, 0.15) is 0 Å². The maximum atomic E-state index is 12.2. The van der Waals surface area contributed by atoms with Gasteiger partial charge in [-0.15, -0.1) is 0 Å². The van der Waals surface area contributed by atoms with E-state index >= 15 is 0 Å². The Kier molecular flexibility index (Phi) is 5.72. The summed E-state index contributed by atoms with van der Waals surface area (Å²) in [5.41, 5.74) is 2.29. The molecule has 0 bridgehead atoms. The van der Waals surface area contributed by atoms with Gasteiger partial charge in [0.2, 0.25) is 5.91 Å². The molecule has 0 saturated carbocycles. The molecule has 0 heterocycles. The molecule has 6 heteroatoms. The summed E-state index contributed by atoms with van der Waals surface area (Å²) in [4.78, 5) is 12.1. The van der Waals surface area contributed by atoms with Crippen molar-refractivity contribution in [2.75, 3.05) is 5.75 Å². The second-order valence-corrected chi connectivity index (χ2v) is 7.58. The first-order valence-corrected chi connectivity index (χ1v) is 9.11. The van der Waals surface area contributed by atoms with Crippen LogP contribution in [0.3, 0.4) is 0 Å². The van der Waals surface area contributed by atoms with Crippen molar-refractivity contribution in [2.24, 2.45) is 0 Å². The number of carbonyl (C=O) groups is 1. The Morgan fingerprint density at radius 2 is 1.88 bits per heavy atom. The lowest BCUT2D eigenvalue weighted by atomic mass is 10.1. The van der Waals surface area contributed by atoms with Crippen LogP contribution in [0, 0.1) is 18.3 Å². The fourth-order valence-corrected chi connectivity index (χ4v) is 3.37. The van der Waals surface area contributed by atoms with Gasteiger partial charge in [-0.25, -0.2) is 8.42 Å². The van der Waals surface area contributed by atoms with Crippen LogP contribution in [0.4, 0.5) is 0 Å². The van der Waals surface area contributed by atoms with Crippen LogP contribution in [-0.2, 0) is 21.2 Å². The van der Waals surface area contributed by atoms with Gasteiger partial charge in [-0.3, -0.25) is 4.79 Å². The number of nitrogens with zero attached hydrogens (tertiary/aromatic N) is 1. The molecule has 0 aliphatic rings. The second kappa shape index (κ2) is 7.75. The molecule has 1 amide bonds. The predicted molar refractivity (Wildman–Crippen MR) is 90.9 cm³/mol. The number of aryl methyl sites for hydroxylation is 1. The normalized spacial score (nSPS) is 10.8. The molecule has 2 aromatic carbocycles. The van der Waals surface area contributed by atoms with Crippen molar-refractivity contribution in [3.63, 3.8) is 0 Å². The average Bonchev–Trinajstić information content (AvgIpc) is 2.59. The molecule has 2 aromatic rings. The SMILES string of the molecule is Cc1ccc(S(=O)(=O)CCC(=O)NCc2cccc(C#N)c2)cc1. The number of hydrogen-bond acceptors (Lipinski definition) is 4. The number of nitrogens with one attached hydrogen (secondary N) is 1. The predicted octanol–water partition coefficient (Wildman–Crippen LogP) is 2.35. The molecule has 0 saturated heterocycles. The molecular weight excluding hydrogens is 324 g/mol. The summed E-state index contributed by atoms with van der Waals surface area (Å²) in [7, 11) is -3.47. The van der Waals surface area contributed by atoms with E-state index < -0.39 is 9.84 Å². The van der Waals surface area contributed by atoms with Gasteiger partial charge in [0, 0.05) is 13.0 Å². The maximum Gasteiger partial charge on any atom is 0.221 e. The Hall–Kier alpha value is -2.65. The van der Waals surface area contributed by atoms with Gasteiger partial charge in [-0.05, 0) is 36.8 Å². The molecule has 0 atom stereocenters. The van der Waals surface area contributed by atoms with Gasteiger partial charge < -0.3 is 5.32 Å². The molecule has 0 aliphatic heterocycles. The van der Waals surface area contributed by atoms with E-state index in [-0.39, 0.29) is 29.5 Å². The number of carbonyl (C=O) groups excluding carboxylic acids is 1. The highest BCUT2D eigenvalue weighted by Gasteiger charge is 2.16. The molecule has 0 spiro atoms. The summed E-state index contributed by atoms with van der Waals surface area (Å²) in [5, 5.41) is 11.5. The van der Waals surface area contributed by atoms with Crippen molar-refractivity contribution in [2.45, 2.75) is 24.8 Å². The quantitative estimate of drug-likeness (QED) is 0.873. The summed E-state index contributed by atoms with van der Waals surface area (Å²) in [5.74, 6) is -0.576. The van der Waals surface area contributed by atoms with Crippen molar-refractivity contribution in [3.8, 4) is 6.07 Å². The van der Waals surface area contributed by atoms with Gasteiger partial charge in [0.05, 0.1) is 22.3 Å². The molecule has 24 heavy (non-hydrogen) atoms. The van der Waals surface area contributed by atoms with Gasteiger partial charge >= 0.3 is 0 Å². The number of rotatable bonds is 6. The Bertz CT molecular complexity index is 866. The van der Waals surface area contributed by atoms with E-state index in [1.54, 1.807) is 48.5 Å². The minimum Gasteiger partial charge on any atom is -0.352 e. The topological polar surface area (TPSA) is 87.0 Å². The highest BCUT2D eigenvalue weighted by atomic mass is 32.2. The van der Waals surface area contributed by atoms with Crippen LogP contribution in [0.2, 0.25) is 0 Å². The lowest BCUT2D eigenvalue weighted by Crippen LogP contribution is -2.25. The molecule has 0 aliphatic carbocycles. The van der Waals surface area contributed by atoms with Crippen LogP contribution in [0.1, 0.15) is 23.1 Å². The third-order valence-corrected chi connectivity index (χ3v) is 5.26. The Morgan fingerprint density at radius 3 is 2.54 bits per heavy atom. The lowest BCUT2D eigenvalue weighted by Gasteiger charge is -2.07. The van der Waals surface area contributed by atoms with Crippen LogP contribution in [0.15, 0.2) is 53.4 Å². The Labute approximate surface area is 141 Å². The highest BCUT2D eigenvalue weighted by molar-refractivity contribution is 7.91. The van der Waals surface area contributed by atoms with E-state index in [9.17, 15) is 13.2 Å². The first kappa shape index (κ1) is 17.7. The Morgan fingerprint density at radius 1 is 1.17 bits per heavy atom. The third kappa shape index (κ3) is 4.93. The highest BCUT2D eigenvalue weighted by Crippen LogP contribution is 2.13. The minimum atomic E-state index is -3.47. The molecule has 5 nitrogen and oxygen atoms in total. The van der Waals surface area contributed by atoms with E-state index in [0.29, 0.717) is 5.56 Å². The van der Waals surface area contributed by atoms with E-state index in [1.807, 2.05) is 13.0 Å². The fourth-order valence-electron chi connectivity index (χ4n) is 2.13. The van der Waals surface area contributed by atoms with E-state index in [2.05, 4.69) is 5.32 Å². The zero-order valence-electron chi connectivity index (χ0n) is 13.3. The number of benzene rings is 2.